The van der Waals surface area contributed by atoms with Crippen LogP contribution in [0.25, 0.3) is 0 Å². The van der Waals surface area contributed by atoms with Crippen molar-refractivity contribution in [1.82, 2.24) is 0 Å². The molecular formula is C14H17BrN2O. The Morgan fingerprint density at radius 1 is 1.39 bits per heavy atom. The number of hydrogen-bond donors (Lipinski definition) is 1. The van der Waals surface area contributed by atoms with E-state index in [1.807, 2.05) is 25.1 Å². The molecule has 96 valence electrons. The Kier molecular flexibility index (Phi) is 3.94. The van der Waals surface area contributed by atoms with Crippen molar-refractivity contribution in [2.75, 3.05) is 18.0 Å². The zero-order chi connectivity index (χ0) is 13.2. The largest absolute Gasteiger partial charge is 0.390 e. The van der Waals surface area contributed by atoms with Gasteiger partial charge in [0.2, 0.25) is 0 Å². The van der Waals surface area contributed by atoms with Crippen molar-refractivity contribution in [1.29, 1.82) is 5.26 Å². The molecule has 1 atom stereocenters. The molecule has 1 N–H and O–H groups in total. The molecule has 0 radical (unpaired) electrons. The summed E-state index contributed by atoms with van der Waals surface area (Å²) in [5.41, 5.74) is 1.07. The highest BCUT2D eigenvalue weighted by molar-refractivity contribution is 9.10. The summed E-state index contributed by atoms with van der Waals surface area (Å²) in [6, 6.07) is 8.06. The smallest absolute Gasteiger partial charge is 0.103 e. The molecule has 1 aliphatic rings. The second-order valence-electron chi connectivity index (χ2n) is 5.08. The molecule has 0 aromatic heterocycles. The summed E-state index contributed by atoms with van der Waals surface area (Å²) in [4.78, 5) is 2.20. The van der Waals surface area contributed by atoms with Crippen molar-refractivity contribution >= 4 is 21.6 Å². The number of nitriles is 1. The highest BCUT2D eigenvalue weighted by Crippen LogP contribution is 2.30. The molecule has 1 aromatic rings. The number of hydrogen-bond acceptors (Lipinski definition) is 3. The Labute approximate surface area is 116 Å². The molecule has 0 saturated carbocycles. The Bertz CT molecular complexity index is 479. The molecule has 2 rings (SSSR count). The van der Waals surface area contributed by atoms with Gasteiger partial charge in [0, 0.05) is 17.6 Å². The zero-order valence-corrected chi connectivity index (χ0v) is 12.1. The first-order valence-corrected chi connectivity index (χ1v) is 6.99. The molecule has 1 unspecified atom stereocenters. The number of rotatable bonds is 1. The first-order valence-electron chi connectivity index (χ1n) is 6.19. The maximum atomic E-state index is 10.1. The lowest BCUT2D eigenvalue weighted by atomic mass is 9.98. The standard InChI is InChI=1S/C14H17BrN2O/c1-14(18)6-3-8-17(9-7-14)13-5-2-4-12(15)11(13)10-16/h2,4-5,18H,3,6-9H2,1H3. The number of nitrogens with zero attached hydrogens (tertiary/aromatic N) is 2. The number of benzene rings is 1. The second-order valence-corrected chi connectivity index (χ2v) is 5.94. The lowest BCUT2D eigenvalue weighted by molar-refractivity contribution is 0.0481. The van der Waals surface area contributed by atoms with Crippen LogP contribution in [0.1, 0.15) is 31.7 Å². The van der Waals surface area contributed by atoms with Crippen LogP contribution in [-0.2, 0) is 0 Å². The summed E-state index contributed by atoms with van der Waals surface area (Å²) in [5.74, 6) is 0. The minimum atomic E-state index is -0.576. The summed E-state index contributed by atoms with van der Waals surface area (Å²) in [5, 5.41) is 19.3. The topological polar surface area (TPSA) is 47.3 Å². The van der Waals surface area contributed by atoms with Gasteiger partial charge in [-0.05, 0) is 54.2 Å². The number of halogens is 1. The van der Waals surface area contributed by atoms with Crippen LogP contribution >= 0.6 is 15.9 Å². The van der Waals surface area contributed by atoms with E-state index < -0.39 is 5.60 Å². The molecule has 1 saturated heterocycles. The van der Waals surface area contributed by atoms with Gasteiger partial charge in [-0.1, -0.05) is 6.07 Å². The molecule has 0 spiro atoms. The summed E-state index contributed by atoms with van der Waals surface area (Å²) in [6.07, 6.45) is 2.51. The van der Waals surface area contributed by atoms with Crippen molar-refractivity contribution in [3.8, 4) is 6.07 Å². The lowest BCUT2D eigenvalue weighted by Gasteiger charge is -2.25. The molecule has 0 bridgehead atoms. The average Bonchev–Trinajstić information content (AvgIpc) is 2.50. The van der Waals surface area contributed by atoms with Crippen molar-refractivity contribution in [3.05, 3.63) is 28.2 Å². The summed E-state index contributed by atoms with van der Waals surface area (Å²) in [7, 11) is 0. The summed E-state index contributed by atoms with van der Waals surface area (Å²) < 4.78 is 0.832. The first kappa shape index (κ1) is 13.4. The highest BCUT2D eigenvalue weighted by atomic mass is 79.9. The fraction of sp³-hybridized carbons (Fsp3) is 0.500. The van der Waals surface area contributed by atoms with Gasteiger partial charge in [-0.25, -0.2) is 0 Å². The van der Waals surface area contributed by atoms with Gasteiger partial charge in [0.05, 0.1) is 16.9 Å². The molecule has 3 nitrogen and oxygen atoms in total. The number of aliphatic hydroxyl groups is 1. The van der Waals surface area contributed by atoms with Gasteiger partial charge in [-0.2, -0.15) is 5.26 Å². The van der Waals surface area contributed by atoms with Gasteiger partial charge >= 0.3 is 0 Å². The molecule has 0 aliphatic carbocycles. The van der Waals surface area contributed by atoms with Crippen molar-refractivity contribution < 1.29 is 5.11 Å². The SMILES string of the molecule is CC1(O)CCCN(c2cccc(Br)c2C#N)CC1. The van der Waals surface area contributed by atoms with E-state index in [1.54, 1.807) is 0 Å². The Morgan fingerprint density at radius 2 is 2.17 bits per heavy atom. The summed E-state index contributed by atoms with van der Waals surface area (Å²) >= 11 is 3.42. The minimum absolute atomic E-state index is 0.576. The third kappa shape index (κ3) is 2.85. The maximum absolute atomic E-state index is 10.1. The van der Waals surface area contributed by atoms with Gasteiger partial charge in [0.1, 0.15) is 6.07 Å². The van der Waals surface area contributed by atoms with E-state index in [-0.39, 0.29) is 0 Å². The molecule has 1 fully saturated rings. The molecule has 1 aromatic carbocycles. The first-order chi connectivity index (χ1) is 8.53. The van der Waals surface area contributed by atoms with Crippen LogP contribution in [0.4, 0.5) is 5.69 Å². The van der Waals surface area contributed by atoms with E-state index in [9.17, 15) is 10.4 Å². The zero-order valence-electron chi connectivity index (χ0n) is 10.5. The minimum Gasteiger partial charge on any atom is -0.390 e. The van der Waals surface area contributed by atoms with Crippen LogP contribution < -0.4 is 4.90 Å². The molecule has 0 amide bonds. The van der Waals surface area contributed by atoms with Gasteiger partial charge in [-0.3, -0.25) is 0 Å². The summed E-state index contributed by atoms with van der Waals surface area (Å²) in [6.45, 7) is 3.57. The van der Waals surface area contributed by atoms with Crippen LogP contribution in [0.3, 0.4) is 0 Å². The normalized spacial score (nSPS) is 24.4. The van der Waals surface area contributed by atoms with Crippen LogP contribution in [0.5, 0.6) is 0 Å². The van der Waals surface area contributed by atoms with Crippen molar-refractivity contribution in [2.24, 2.45) is 0 Å². The molecular weight excluding hydrogens is 292 g/mol. The van der Waals surface area contributed by atoms with Crippen molar-refractivity contribution in [2.45, 2.75) is 31.8 Å². The third-order valence-corrected chi connectivity index (χ3v) is 4.17. The van der Waals surface area contributed by atoms with E-state index in [1.165, 1.54) is 0 Å². The van der Waals surface area contributed by atoms with Gasteiger partial charge in [-0.15, -0.1) is 0 Å². The molecule has 4 heteroatoms. The molecule has 1 heterocycles. The Hall–Kier alpha value is -1.05. The van der Waals surface area contributed by atoms with Crippen LogP contribution in [0, 0.1) is 11.3 Å². The second kappa shape index (κ2) is 5.29. The fourth-order valence-electron chi connectivity index (χ4n) is 2.39. The number of anilines is 1. The monoisotopic (exact) mass is 308 g/mol. The van der Waals surface area contributed by atoms with Crippen molar-refractivity contribution in [3.63, 3.8) is 0 Å². The van der Waals surface area contributed by atoms with E-state index in [0.717, 1.165) is 42.5 Å². The van der Waals surface area contributed by atoms with E-state index in [2.05, 4.69) is 26.9 Å². The van der Waals surface area contributed by atoms with Gasteiger partial charge < -0.3 is 10.0 Å². The predicted octanol–water partition coefficient (Wildman–Crippen LogP) is 3.06. The average molecular weight is 309 g/mol. The third-order valence-electron chi connectivity index (χ3n) is 3.51. The van der Waals surface area contributed by atoms with E-state index in [4.69, 9.17) is 0 Å². The Balaban J connectivity index is 2.27. The van der Waals surface area contributed by atoms with Crippen LogP contribution in [0.2, 0.25) is 0 Å². The molecule has 1 aliphatic heterocycles. The molecule has 18 heavy (non-hydrogen) atoms. The van der Waals surface area contributed by atoms with Crippen LogP contribution in [0.15, 0.2) is 22.7 Å². The van der Waals surface area contributed by atoms with E-state index in [0.29, 0.717) is 5.56 Å². The van der Waals surface area contributed by atoms with Gasteiger partial charge in [0.15, 0.2) is 0 Å². The van der Waals surface area contributed by atoms with Gasteiger partial charge in [0.25, 0.3) is 0 Å². The highest BCUT2D eigenvalue weighted by Gasteiger charge is 2.26. The van der Waals surface area contributed by atoms with Crippen LogP contribution in [-0.4, -0.2) is 23.8 Å². The fourth-order valence-corrected chi connectivity index (χ4v) is 2.84. The quantitative estimate of drug-likeness (QED) is 0.867. The maximum Gasteiger partial charge on any atom is 0.103 e. The lowest BCUT2D eigenvalue weighted by Crippen LogP contribution is -2.28. The Morgan fingerprint density at radius 3 is 2.89 bits per heavy atom. The van der Waals surface area contributed by atoms with E-state index >= 15 is 0 Å². The predicted molar refractivity (Wildman–Crippen MR) is 75.5 cm³/mol.